The Morgan fingerprint density at radius 1 is 0.886 bits per heavy atom. The standard InChI is InChI=1S/C27H36N6O10S/c1-6-44-27-25(23(20(30-32-28)14(2)39-27)38-12-18-10-8-7-9-11-18)43-26-21(31-33-29)24(41-17(5)36)22(40-16(4)35)19(42-26)13-37-15(3)34/h7-11,14,19-27H,6,12-13H2,1-5H3/t14-,19-,20-,21-,22+,23+,24-,25+,26-,27-/m1/s1. The molecule has 2 heterocycles. The lowest BCUT2D eigenvalue weighted by Crippen LogP contribution is -2.64. The number of hydrogen-bond donors (Lipinski definition) is 0. The molecule has 3 rings (SSSR count). The van der Waals surface area contributed by atoms with Crippen molar-refractivity contribution in [3.63, 3.8) is 0 Å². The van der Waals surface area contributed by atoms with Crippen molar-refractivity contribution in [2.75, 3.05) is 12.4 Å². The Labute approximate surface area is 258 Å². The van der Waals surface area contributed by atoms with Crippen LogP contribution in [0.3, 0.4) is 0 Å². The smallest absolute Gasteiger partial charge is 0.303 e. The molecular formula is C27H36N6O10S. The Hall–Kier alpha value is -3.56. The fourth-order valence-corrected chi connectivity index (χ4v) is 5.93. The maximum atomic E-state index is 12.2. The Balaban J connectivity index is 2.06. The second-order valence-corrected chi connectivity index (χ2v) is 11.3. The molecule has 16 nitrogen and oxygen atoms in total. The van der Waals surface area contributed by atoms with E-state index in [0.717, 1.165) is 19.4 Å². The molecule has 0 N–H and O–H groups in total. The van der Waals surface area contributed by atoms with Gasteiger partial charge in [0.25, 0.3) is 0 Å². The van der Waals surface area contributed by atoms with Crippen LogP contribution in [0.15, 0.2) is 40.6 Å². The molecule has 0 aromatic heterocycles. The Bertz CT molecular complexity index is 1230. The molecule has 17 heteroatoms. The fraction of sp³-hybridized carbons (Fsp3) is 0.667. The minimum Gasteiger partial charge on any atom is -0.463 e. The second kappa shape index (κ2) is 17.1. The molecule has 2 fully saturated rings. The molecule has 0 amide bonds. The van der Waals surface area contributed by atoms with Crippen LogP contribution in [0.4, 0.5) is 0 Å². The van der Waals surface area contributed by atoms with Gasteiger partial charge in [-0.05, 0) is 29.3 Å². The normalized spacial score (nSPS) is 31.5. The van der Waals surface area contributed by atoms with E-state index < -0.39 is 84.9 Å². The first kappa shape index (κ1) is 34.9. The predicted octanol–water partition coefficient (Wildman–Crippen LogP) is 3.96. The van der Waals surface area contributed by atoms with Crippen LogP contribution >= 0.6 is 11.8 Å². The highest BCUT2D eigenvalue weighted by Gasteiger charge is 2.54. The third-order valence-corrected chi connectivity index (χ3v) is 7.75. The van der Waals surface area contributed by atoms with Crippen molar-refractivity contribution in [2.45, 2.75) is 102 Å². The molecule has 1 aromatic rings. The molecule has 0 spiro atoms. The summed E-state index contributed by atoms with van der Waals surface area (Å²) in [7, 11) is 0. The van der Waals surface area contributed by atoms with Gasteiger partial charge in [-0.15, -0.1) is 11.8 Å². The van der Waals surface area contributed by atoms with Gasteiger partial charge >= 0.3 is 17.9 Å². The van der Waals surface area contributed by atoms with Gasteiger partial charge in [0.05, 0.1) is 24.9 Å². The van der Waals surface area contributed by atoms with E-state index in [0.29, 0.717) is 5.75 Å². The molecule has 2 saturated heterocycles. The summed E-state index contributed by atoms with van der Waals surface area (Å²) < 4.78 is 41.2. The van der Waals surface area contributed by atoms with Crippen molar-refractivity contribution >= 4 is 29.7 Å². The number of ether oxygens (including phenoxy) is 7. The zero-order valence-corrected chi connectivity index (χ0v) is 25.8. The first-order valence-electron chi connectivity index (χ1n) is 13.9. The molecule has 0 aliphatic carbocycles. The summed E-state index contributed by atoms with van der Waals surface area (Å²) in [5.74, 6) is -1.54. The second-order valence-electron chi connectivity index (χ2n) is 9.91. The molecule has 2 aliphatic rings. The van der Waals surface area contributed by atoms with Gasteiger partial charge in [0, 0.05) is 30.6 Å². The van der Waals surface area contributed by atoms with Gasteiger partial charge in [0.2, 0.25) is 0 Å². The molecule has 0 bridgehead atoms. The van der Waals surface area contributed by atoms with Gasteiger partial charge in [0.15, 0.2) is 18.5 Å². The van der Waals surface area contributed by atoms with Crippen molar-refractivity contribution in [3.8, 4) is 0 Å². The maximum Gasteiger partial charge on any atom is 0.303 e. The summed E-state index contributed by atoms with van der Waals surface area (Å²) in [6.45, 7) is 6.86. The fourth-order valence-electron chi connectivity index (χ4n) is 4.94. The number of azide groups is 2. The Kier molecular flexibility index (Phi) is 13.5. The van der Waals surface area contributed by atoms with E-state index in [1.54, 1.807) is 6.92 Å². The van der Waals surface area contributed by atoms with E-state index in [1.165, 1.54) is 18.7 Å². The number of nitrogens with zero attached hydrogens (tertiary/aromatic N) is 6. The van der Waals surface area contributed by atoms with Crippen LogP contribution in [-0.4, -0.2) is 90.7 Å². The first-order chi connectivity index (χ1) is 21.1. The Morgan fingerprint density at radius 3 is 2.11 bits per heavy atom. The molecule has 10 atom stereocenters. The van der Waals surface area contributed by atoms with Crippen LogP contribution < -0.4 is 0 Å². The minimum absolute atomic E-state index is 0.143. The number of benzene rings is 1. The van der Waals surface area contributed by atoms with Crippen LogP contribution in [0.2, 0.25) is 0 Å². The van der Waals surface area contributed by atoms with Gasteiger partial charge in [-0.2, -0.15) is 0 Å². The van der Waals surface area contributed by atoms with E-state index in [9.17, 15) is 25.4 Å². The molecular weight excluding hydrogens is 600 g/mol. The number of rotatable bonds is 13. The minimum atomic E-state index is -1.45. The molecule has 240 valence electrons. The SMILES string of the molecule is CCS[C@H]1O[C@H](C)[C@@H](N=[N+]=[N-])[C@H](OCc2ccccc2)[C@@H]1O[C@H]1O[C@H](COC(C)=O)[C@H](OC(C)=O)[C@H](OC(C)=O)[C@H]1N=[N+]=[N-]. The van der Waals surface area contributed by atoms with Gasteiger partial charge < -0.3 is 33.2 Å². The van der Waals surface area contributed by atoms with Crippen LogP contribution in [-0.2, 0) is 54.1 Å². The third-order valence-electron chi connectivity index (χ3n) is 6.71. The predicted molar refractivity (Wildman–Crippen MR) is 155 cm³/mol. The van der Waals surface area contributed by atoms with Gasteiger partial charge in [-0.1, -0.05) is 47.5 Å². The lowest BCUT2D eigenvalue weighted by atomic mass is 9.95. The average Bonchev–Trinajstić information content (AvgIpc) is 2.97. The van der Waals surface area contributed by atoms with Crippen molar-refractivity contribution in [2.24, 2.45) is 10.2 Å². The van der Waals surface area contributed by atoms with E-state index in [1.807, 2.05) is 37.3 Å². The van der Waals surface area contributed by atoms with Gasteiger partial charge in [-0.25, -0.2) is 0 Å². The quantitative estimate of drug-likeness (QED) is 0.0993. The van der Waals surface area contributed by atoms with E-state index in [-0.39, 0.29) is 6.61 Å². The highest BCUT2D eigenvalue weighted by molar-refractivity contribution is 7.99. The summed E-state index contributed by atoms with van der Waals surface area (Å²) in [6, 6.07) is 7.13. The summed E-state index contributed by atoms with van der Waals surface area (Å²) in [6.07, 6.45) is -7.76. The van der Waals surface area contributed by atoms with Crippen molar-refractivity contribution in [1.82, 2.24) is 0 Å². The number of thioether (sulfide) groups is 1. The Morgan fingerprint density at radius 2 is 1.52 bits per heavy atom. The van der Waals surface area contributed by atoms with Crippen LogP contribution in [0.5, 0.6) is 0 Å². The third kappa shape index (κ3) is 9.47. The first-order valence-corrected chi connectivity index (χ1v) is 14.9. The van der Waals surface area contributed by atoms with E-state index >= 15 is 0 Å². The molecule has 0 unspecified atom stereocenters. The van der Waals surface area contributed by atoms with Gasteiger partial charge in [-0.3, -0.25) is 14.4 Å². The number of esters is 3. The van der Waals surface area contributed by atoms with Crippen LogP contribution in [0, 0.1) is 0 Å². The maximum absolute atomic E-state index is 12.2. The average molecular weight is 637 g/mol. The van der Waals surface area contributed by atoms with Crippen molar-refractivity contribution < 1.29 is 47.5 Å². The summed E-state index contributed by atoms with van der Waals surface area (Å²) in [4.78, 5) is 41.8. The highest BCUT2D eigenvalue weighted by atomic mass is 32.2. The lowest BCUT2D eigenvalue weighted by molar-refractivity contribution is -0.307. The highest BCUT2D eigenvalue weighted by Crippen LogP contribution is 2.38. The van der Waals surface area contributed by atoms with E-state index in [2.05, 4.69) is 20.1 Å². The summed E-state index contributed by atoms with van der Waals surface area (Å²) in [5.41, 5.74) is 19.0. The zero-order chi connectivity index (χ0) is 32.2. The van der Waals surface area contributed by atoms with Crippen molar-refractivity contribution in [3.05, 3.63) is 56.8 Å². The lowest BCUT2D eigenvalue weighted by Gasteiger charge is -2.48. The number of carbonyl (C=O) groups is 3. The number of hydrogen-bond acceptors (Lipinski definition) is 13. The number of carbonyl (C=O) groups excluding carboxylic acids is 3. The molecule has 2 aliphatic heterocycles. The van der Waals surface area contributed by atoms with Crippen molar-refractivity contribution in [1.29, 1.82) is 0 Å². The largest absolute Gasteiger partial charge is 0.463 e. The zero-order valence-electron chi connectivity index (χ0n) is 25.0. The van der Waals surface area contributed by atoms with E-state index in [4.69, 9.17) is 33.2 Å². The summed E-state index contributed by atoms with van der Waals surface area (Å²) >= 11 is 1.40. The molecule has 44 heavy (non-hydrogen) atoms. The topological polar surface area (TPSA) is 213 Å². The molecule has 1 aromatic carbocycles. The monoisotopic (exact) mass is 636 g/mol. The van der Waals surface area contributed by atoms with Crippen LogP contribution in [0.25, 0.3) is 20.9 Å². The van der Waals surface area contributed by atoms with Crippen LogP contribution in [0.1, 0.15) is 40.2 Å². The molecule has 0 saturated carbocycles. The molecule has 0 radical (unpaired) electrons. The summed E-state index contributed by atoms with van der Waals surface area (Å²) in [5, 5.41) is 7.74. The van der Waals surface area contributed by atoms with Gasteiger partial charge in [0.1, 0.15) is 30.3 Å².